The highest BCUT2D eigenvalue weighted by atomic mass is 32.2. The van der Waals surface area contributed by atoms with Crippen molar-refractivity contribution in [1.29, 1.82) is 0 Å². The van der Waals surface area contributed by atoms with E-state index < -0.39 is 10.0 Å². The monoisotopic (exact) mass is 501 g/mol. The van der Waals surface area contributed by atoms with Gasteiger partial charge in [0.25, 0.3) is 5.91 Å². The third-order valence-corrected chi connectivity index (χ3v) is 7.33. The molecular formula is C27H39N3O4S. The molecule has 8 heteroatoms. The van der Waals surface area contributed by atoms with Crippen molar-refractivity contribution in [3.63, 3.8) is 0 Å². The van der Waals surface area contributed by atoms with Crippen LogP contribution in [0.15, 0.2) is 47.4 Å². The van der Waals surface area contributed by atoms with Gasteiger partial charge in [-0.25, -0.2) is 13.6 Å². The van der Waals surface area contributed by atoms with E-state index in [1.54, 1.807) is 18.2 Å². The van der Waals surface area contributed by atoms with Crippen molar-refractivity contribution >= 4 is 21.6 Å². The van der Waals surface area contributed by atoms with Crippen molar-refractivity contribution < 1.29 is 17.9 Å². The Bertz CT molecular complexity index is 1060. The fourth-order valence-electron chi connectivity index (χ4n) is 4.44. The molecule has 0 atom stereocenters. The van der Waals surface area contributed by atoms with Gasteiger partial charge in [-0.15, -0.1) is 0 Å². The maximum absolute atomic E-state index is 13.3. The van der Waals surface area contributed by atoms with E-state index in [4.69, 9.17) is 9.88 Å². The number of rotatable bonds is 12. The van der Waals surface area contributed by atoms with Crippen LogP contribution in [0, 0.1) is 0 Å². The number of para-hydroxylation sites is 1. The second-order valence-corrected chi connectivity index (χ2v) is 10.8. The molecule has 2 aromatic rings. The standard InChI is InChI=1S/C27H39N3O4S/c1-3-5-17-30(18-6-4-2)24-19-21(27(31)29-22-13-9-7-10-14-22)20-25(35(28,32)33)26(24)34-23-15-11-8-12-16-23/h8,11-12,15-16,19-20,22H,3-7,9-10,13-14,17-18H2,1-2H3,(H,29,31)(H2,28,32,33). The number of carbonyl (C=O) groups excluding carboxylic acids is 1. The first kappa shape index (κ1) is 27.0. The van der Waals surface area contributed by atoms with Gasteiger partial charge in [0.15, 0.2) is 5.75 Å². The molecule has 0 radical (unpaired) electrons. The Morgan fingerprint density at radius 2 is 1.66 bits per heavy atom. The third-order valence-electron chi connectivity index (χ3n) is 6.41. The lowest BCUT2D eigenvalue weighted by Crippen LogP contribution is -2.36. The van der Waals surface area contributed by atoms with Gasteiger partial charge in [0.2, 0.25) is 10.0 Å². The number of primary sulfonamides is 1. The van der Waals surface area contributed by atoms with Crippen molar-refractivity contribution in [3.8, 4) is 11.5 Å². The summed E-state index contributed by atoms with van der Waals surface area (Å²) in [5, 5.41) is 8.78. The average Bonchev–Trinajstić information content (AvgIpc) is 2.85. The molecule has 0 aromatic heterocycles. The molecule has 3 N–H and O–H groups in total. The molecular weight excluding hydrogens is 462 g/mol. The van der Waals surface area contributed by atoms with E-state index in [1.807, 2.05) is 18.2 Å². The summed E-state index contributed by atoms with van der Waals surface area (Å²) in [6.45, 7) is 5.67. The van der Waals surface area contributed by atoms with Crippen LogP contribution < -0.4 is 20.1 Å². The van der Waals surface area contributed by atoms with Crippen LogP contribution in [0.25, 0.3) is 0 Å². The lowest BCUT2D eigenvalue weighted by Gasteiger charge is -2.29. The van der Waals surface area contributed by atoms with Crippen LogP contribution in [0.5, 0.6) is 11.5 Å². The predicted molar refractivity (Wildman–Crippen MR) is 141 cm³/mol. The molecule has 3 rings (SSSR count). The summed E-state index contributed by atoms with van der Waals surface area (Å²) < 4.78 is 31.7. The van der Waals surface area contributed by atoms with E-state index in [1.165, 1.54) is 12.5 Å². The van der Waals surface area contributed by atoms with Crippen LogP contribution in [0.1, 0.15) is 82.0 Å². The second-order valence-electron chi connectivity index (χ2n) is 9.29. The van der Waals surface area contributed by atoms with Gasteiger partial charge in [-0.2, -0.15) is 0 Å². The number of hydrogen-bond acceptors (Lipinski definition) is 5. The Kier molecular flexibility index (Phi) is 9.98. The zero-order valence-corrected chi connectivity index (χ0v) is 21.8. The fourth-order valence-corrected chi connectivity index (χ4v) is 5.14. The number of nitrogens with one attached hydrogen (secondary N) is 1. The molecule has 0 aliphatic heterocycles. The Morgan fingerprint density at radius 3 is 2.23 bits per heavy atom. The molecule has 1 saturated carbocycles. The summed E-state index contributed by atoms with van der Waals surface area (Å²) in [6, 6.07) is 12.3. The van der Waals surface area contributed by atoms with Gasteiger partial charge in [-0.05, 0) is 49.9 Å². The largest absolute Gasteiger partial charge is 0.454 e. The molecule has 0 unspecified atom stereocenters. The first-order valence-corrected chi connectivity index (χ1v) is 14.4. The molecule has 0 heterocycles. The van der Waals surface area contributed by atoms with Crippen LogP contribution >= 0.6 is 0 Å². The Labute approximate surface area is 210 Å². The minimum Gasteiger partial charge on any atom is -0.454 e. The van der Waals surface area contributed by atoms with E-state index in [-0.39, 0.29) is 28.2 Å². The number of nitrogens with two attached hydrogens (primary N) is 1. The third kappa shape index (κ3) is 7.70. The van der Waals surface area contributed by atoms with E-state index in [0.717, 1.165) is 64.5 Å². The van der Waals surface area contributed by atoms with Crippen LogP contribution in [-0.4, -0.2) is 33.5 Å². The topological polar surface area (TPSA) is 102 Å². The number of hydrogen-bond donors (Lipinski definition) is 2. The van der Waals surface area contributed by atoms with Gasteiger partial charge >= 0.3 is 0 Å². The number of ether oxygens (including phenoxy) is 1. The van der Waals surface area contributed by atoms with E-state index in [0.29, 0.717) is 11.4 Å². The highest BCUT2D eigenvalue weighted by molar-refractivity contribution is 7.89. The first-order chi connectivity index (χ1) is 16.8. The Balaban J connectivity index is 2.11. The number of anilines is 1. The van der Waals surface area contributed by atoms with Gasteiger partial charge in [0.1, 0.15) is 10.6 Å². The van der Waals surface area contributed by atoms with E-state index in [9.17, 15) is 13.2 Å². The number of carbonyl (C=O) groups is 1. The number of nitrogens with zero attached hydrogens (tertiary/aromatic N) is 1. The lowest BCUT2D eigenvalue weighted by molar-refractivity contribution is 0.0927. The van der Waals surface area contributed by atoms with Gasteiger partial charge in [-0.1, -0.05) is 64.2 Å². The van der Waals surface area contributed by atoms with Crippen molar-refractivity contribution in [2.45, 2.75) is 82.6 Å². The predicted octanol–water partition coefficient (Wildman–Crippen LogP) is 5.60. The summed E-state index contributed by atoms with van der Waals surface area (Å²) in [4.78, 5) is 15.2. The molecule has 1 amide bonds. The zero-order valence-electron chi connectivity index (χ0n) is 21.0. The summed E-state index contributed by atoms with van der Waals surface area (Å²) in [7, 11) is -4.17. The van der Waals surface area contributed by atoms with Gasteiger partial charge in [0.05, 0.1) is 5.69 Å². The van der Waals surface area contributed by atoms with Crippen LogP contribution in [-0.2, 0) is 10.0 Å². The summed E-state index contributed by atoms with van der Waals surface area (Å²) in [5.41, 5.74) is 0.865. The molecule has 0 bridgehead atoms. The number of benzene rings is 2. The van der Waals surface area contributed by atoms with E-state index in [2.05, 4.69) is 24.1 Å². The normalized spacial score (nSPS) is 14.5. The summed E-state index contributed by atoms with van der Waals surface area (Å²) in [5.74, 6) is 0.393. The number of unbranched alkanes of at least 4 members (excludes halogenated alkanes) is 2. The van der Waals surface area contributed by atoms with Gasteiger partial charge < -0.3 is 15.0 Å². The summed E-state index contributed by atoms with van der Waals surface area (Å²) >= 11 is 0. The van der Waals surface area contributed by atoms with Crippen molar-refractivity contribution in [3.05, 3.63) is 48.0 Å². The van der Waals surface area contributed by atoms with Crippen molar-refractivity contribution in [1.82, 2.24) is 5.32 Å². The number of amides is 1. The minimum absolute atomic E-state index is 0.106. The van der Waals surface area contributed by atoms with Gasteiger partial charge in [0, 0.05) is 24.7 Å². The zero-order chi connectivity index (χ0) is 25.3. The van der Waals surface area contributed by atoms with Crippen LogP contribution in [0.4, 0.5) is 5.69 Å². The molecule has 2 aromatic carbocycles. The fraction of sp³-hybridized carbons (Fsp3) is 0.519. The number of sulfonamides is 1. The Morgan fingerprint density at radius 1 is 1.03 bits per heavy atom. The molecule has 1 fully saturated rings. The SMILES string of the molecule is CCCCN(CCCC)c1cc(C(=O)NC2CCCCC2)cc(S(N)(=O)=O)c1Oc1ccccc1. The highest BCUT2D eigenvalue weighted by Gasteiger charge is 2.27. The van der Waals surface area contributed by atoms with Crippen molar-refractivity contribution in [2.75, 3.05) is 18.0 Å². The molecule has 1 aliphatic carbocycles. The smallest absolute Gasteiger partial charge is 0.251 e. The van der Waals surface area contributed by atoms with Crippen molar-refractivity contribution in [2.24, 2.45) is 5.14 Å². The first-order valence-electron chi connectivity index (χ1n) is 12.8. The maximum Gasteiger partial charge on any atom is 0.251 e. The minimum atomic E-state index is -4.17. The molecule has 1 aliphatic rings. The van der Waals surface area contributed by atoms with E-state index >= 15 is 0 Å². The molecule has 192 valence electrons. The van der Waals surface area contributed by atoms with Crippen LogP contribution in [0.2, 0.25) is 0 Å². The quantitative estimate of drug-likeness (QED) is 0.394. The molecule has 0 spiro atoms. The summed E-state index contributed by atoms with van der Waals surface area (Å²) in [6.07, 6.45) is 9.07. The van der Waals surface area contributed by atoms with Crippen LogP contribution in [0.3, 0.4) is 0 Å². The molecule has 35 heavy (non-hydrogen) atoms. The lowest BCUT2D eigenvalue weighted by atomic mass is 9.95. The van der Waals surface area contributed by atoms with Gasteiger partial charge in [-0.3, -0.25) is 4.79 Å². The molecule has 0 saturated heterocycles. The molecule has 7 nitrogen and oxygen atoms in total. The Hall–Kier alpha value is -2.58. The average molecular weight is 502 g/mol. The highest BCUT2D eigenvalue weighted by Crippen LogP contribution is 2.39. The maximum atomic E-state index is 13.3. The second kappa shape index (κ2) is 12.9.